The molecule has 112 valence electrons. The Bertz CT molecular complexity index is 536. The molecule has 1 aromatic carbocycles. The minimum Gasteiger partial charge on any atom is -0.481 e. The molecule has 4 nitrogen and oxygen atoms in total. The van der Waals surface area contributed by atoms with Gasteiger partial charge in [-0.3, -0.25) is 9.59 Å². The molecule has 0 spiro atoms. The van der Waals surface area contributed by atoms with Crippen LogP contribution >= 0.6 is 0 Å². The third-order valence-corrected chi connectivity index (χ3v) is 4.83. The highest BCUT2D eigenvalue weighted by molar-refractivity contribution is 5.91. The van der Waals surface area contributed by atoms with E-state index in [2.05, 4.69) is 0 Å². The predicted molar refractivity (Wildman–Crippen MR) is 78.9 cm³/mol. The van der Waals surface area contributed by atoms with Gasteiger partial charge >= 0.3 is 5.97 Å². The van der Waals surface area contributed by atoms with Crippen molar-refractivity contribution in [3.63, 3.8) is 0 Å². The zero-order valence-electron chi connectivity index (χ0n) is 12.1. The number of carbonyl (C=O) groups excluding carboxylic acids is 1. The molecule has 1 aliphatic heterocycles. The van der Waals surface area contributed by atoms with Gasteiger partial charge in [-0.1, -0.05) is 30.3 Å². The lowest BCUT2D eigenvalue weighted by Gasteiger charge is -2.23. The number of carbonyl (C=O) groups is 2. The summed E-state index contributed by atoms with van der Waals surface area (Å²) in [7, 11) is 0. The van der Waals surface area contributed by atoms with Crippen molar-refractivity contribution in [1.82, 2.24) is 4.90 Å². The van der Waals surface area contributed by atoms with Crippen LogP contribution in [0.1, 0.15) is 37.7 Å². The molecule has 1 N–H and O–H groups in total. The molecule has 0 aromatic heterocycles. The number of hydrogen-bond acceptors (Lipinski definition) is 2. The molecule has 21 heavy (non-hydrogen) atoms. The van der Waals surface area contributed by atoms with Crippen LogP contribution in [0.25, 0.3) is 0 Å². The lowest BCUT2D eigenvalue weighted by molar-refractivity contribution is -0.137. The largest absolute Gasteiger partial charge is 0.481 e. The average molecular weight is 287 g/mol. The van der Waals surface area contributed by atoms with Crippen LogP contribution in [0.4, 0.5) is 0 Å². The SMILES string of the molecule is O=C(O)CCC1CCN(C(=O)C2(c3ccccc3)CC2)C1. The van der Waals surface area contributed by atoms with Crippen molar-refractivity contribution in [2.75, 3.05) is 13.1 Å². The number of likely N-dealkylation sites (tertiary alicyclic amines) is 1. The number of amides is 1. The Kier molecular flexibility index (Phi) is 3.70. The van der Waals surface area contributed by atoms with Crippen LogP contribution in [-0.2, 0) is 15.0 Å². The fraction of sp³-hybridized carbons (Fsp3) is 0.529. The number of carboxylic acids is 1. The first-order valence-corrected chi connectivity index (χ1v) is 7.68. The summed E-state index contributed by atoms with van der Waals surface area (Å²) < 4.78 is 0. The number of aliphatic carboxylic acids is 1. The first-order chi connectivity index (χ1) is 10.1. The van der Waals surface area contributed by atoms with Gasteiger partial charge in [0.05, 0.1) is 5.41 Å². The highest BCUT2D eigenvalue weighted by Gasteiger charge is 2.53. The number of benzene rings is 1. The standard InChI is InChI=1S/C17H21NO3/c19-15(20)7-6-13-8-11-18(12-13)16(21)17(9-10-17)14-4-2-1-3-5-14/h1-5,13H,6-12H2,(H,19,20). The molecule has 1 unspecified atom stereocenters. The summed E-state index contributed by atoms with van der Waals surface area (Å²) in [4.78, 5) is 25.4. The van der Waals surface area contributed by atoms with E-state index in [0.717, 1.165) is 37.9 Å². The van der Waals surface area contributed by atoms with Crippen molar-refractivity contribution >= 4 is 11.9 Å². The summed E-state index contributed by atoms with van der Waals surface area (Å²) in [5, 5.41) is 8.76. The molecule has 4 heteroatoms. The number of hydrogen-bond donors (Lipinski definition) is 1. The summed E-state index contributed by atoms with van der Waals surface area (Å²) in [5.74, 6) is -0.161. The van der Waals surface area contributed by atoms with Crippen LogP contribution in [-0.4, -0.2) is 35.0 Å². The van der Waals surface area contributed by atoms with Crippen LogP contribution < -0.4 is 0 Å². The van der Waals surface area contributed by atoms with Crippen LogP contribution in [0.2, 0.25) is 0 Å². The lowest BCUT2D eigenvalue weighted by atomic mass is 9.94. The Hall–Kier alpha value is -1.84. The van der Waals surface area contributed by atoms with E-state index in [1.807, 2.05) is 35.2 Å². The van der Waals surface area contributed by atoms with Gasteiger partial charge in [0.25, 0.3) is 0 Å². The molecule has 3 rings (SSSR count). The Labute approximate surface area is 124 Å². The molecule has 1 heterocycles. The molecule has 1 atom stereocenters. The summed E-state index contributed by atoms with van der Waals surface area (Å²) >= 11 is 0. The van der Waals surface area contributed by atoms with Gasteiger partial charge in [-0.25, -0.2) is 0 Å². The fourth-order valence-electron chi connectivity index (χ4n) is 3.39. The molecule has 1 amide bonds. The molecule has 0 radical (unpaired) electrons. The Morgan fingerprint density at radius 3 is 2.57 bits per heavy atom. The second-order valence-corrected chi connectivity index (χ2v) is 6.29. The van der Waals surface area contributed by atoms with Crippen molar-refractivity contribution in [2.45, 2.75) is 37.5 Å². The summed E-state index contributed by atoms with van der Waals surface area (Å²) in [6.07, 6.45) is 3.69. The summed E-state index contributed by atoms with van der Waals surface area (Å²) in [6.45, 7) is 1.50. The topological polar surface area (TPSA) is 57.6 Å². The van der Waals surface area contributed by atoms with Gasteiger partial charge in [-0.05, 0) is 37.2 Å². The van der Waals surface area contributed by atoms with E-state index in [-0.39, 0.29) is 17.7 Å². The molecule has 1 saturated heterocycles. The van der Waals surface area contributed by atoms with Crippen LogP contribution in [0.3, 0.4) is 0 Å². The first-order valence-electron chi connectivity index (χ1n) is 7.68. The molecule has 2 fully saturated rings. The molecule has 1 aliphatic carbocycles. The Morgan fingerprint density at radius 2 is 1.95 bits per heavy atom. The van der Waals surface area contributed by atoms with E-state index in [4.69, 9.17) is 5.11 Å². The summed E-state index contributed by atoms with van der Waals surface area (Å²) in [5.41, 5.74) is 0.840. The minimum atomic E-state index is -0.747. The second-order valence-electron chi connectivity index (χ2n) is 6.29. The van der Waals surface area contributed by atoms with Gasteiger partial charge in [-0.2, -0.15) is 0 Å². The molecule has 1 saturated carbocycles. The van der Waals surface area contributed by atoms with Crippen molar-refractivity contribution in [3.8, 4) is 0 Å². The quantitative estimate of drug-likeness (QED) is 0.905. The Morgan fingerprint density at radius 1 is 1.24 bits per heavy atom. The third kappa shape index (κ3) is 2.80. The van der Waals surface area contributed by atoms with Crippen molar-refractivity contribution < 1.29 is 14.7 Å². The third-order valence-electron chi connectivity index (χ3n) is 4.83. The smallest absolute Gasteiger partial charge is 0.303 e. The van der Waals surface area contributed by atoms with E-state index >= 15 is 0 Å². The monoisotopic (exact) mass is 287 g/mol. The lowest BCUT2D eigenvalue weighted by Crippen LogP contribution is -2.37. The van der Waals surface area contributed by atoms with Gasteiger partial charge in [0.1, 0.15) is 0 Å². The van der Waals surface area contributed by atoms with Crippen LogP contribution in [0, 0.1) is 5.92 Å². The van der Waals surface area contributed by atoms with Gasteiger partial charge < -0.3 is 10.0 Å². The van der Waals surface area contributed by atoms with Crippen LogP contribution in [0.5, 0.6) is 0 Å². The van der Waals surface area contributed by atoms with E-state index in [1.165, 1.54) is 0 Å². The van der Waals surface area contributed by atoms with E-state index in [1.54, 1.807) is 0 Å². The highest BCUT2D eigenvalue weighted by Crippen LogP contribution is 2.50. The normalized spacial score (nSPS) is 23.0. The number of rotatable bonds is 5. The second kappa shape index (κ2) is 5.51. The van der Waals surface area contributed by atoms with Gasteiger partial charge in [0, 0.05) is 19.5 Å². The predicted octanol–water partition coefficient (Wildman–Crippen LogP) is 2.43. The average Bonchev–Trinajstić information content (AvgIpc) is 3.17. The maximum atomic E-state index is 12.8. The van der Waals surface area contributed by atoms with Crippen molar-refractivity contribution in [2.24, 2.45) is 5.92 Å². The zero-order valence-corrected chi connectivity index (χ0v) is 12.1. The molecule has 1 aromatic rings. The molecular formula is C17H21NO3. The molecular weight excluding hydrogens is 266 g/mol. The first kappa shape index (κ1) is 14.1. The number of nitrogens with zero attached hydrogens (tertiary/aromatic N) is 1. The molecule has 2 aliphatic rings. The van der Waals surface area contributed by atoms with Crippen LogP contribution in [0.15, 0.2) is 30.3 Å². The van der Waals surface area contributed by atoms with Crippen molar-refractivity contribution in [3.05, 3.63) is 35.9 Å². The fourth-order valence-corrected chi connectivity index (χ4v) is 3.39. The van der Waals surface area contributed by atoms with Gasteiger partial charge in [0.15, 0.2) is 0 Å². The Balaban J connectivity index is 1.63. The minimum absolute atomic E-state index is 0.205. The maximum absolute atomic E-state index is 12.8. The summed E-state index contributed by atoms with van der Waals surface area (Å²) in [6, 6.07) is 10.0. The zero-order chi connectivity index (χ0) is 14.9. The van der Waals surface area contributed by atoms with Crippen molar-refractivity contribution in [1.29, 1.82) is 0 Å². The highest BCUT2D eigenvalue weighted by atomic mass is 16.4. The maximum Gasteiger partial charge on any atom is 0.303 e. The van der Waals surface area contributed by atoms with E-state index in [9.17, 15) is 9.59 Å². The van der Waals surface area contributed by atoms with E-state index < -0.39 is 5.97 Å². The number of carboxylic acid groups (broad SMARTS) is 1. The van der Waals surface area contributed by atoms with Gasteiger partial charge in [-0.15, -0.1) is 0 Å². The van der Waals surface area contributed by atoms with E-state index in [0.29, 0.717) is 12.3 Å². The molecule has 0 bridgehead atoms. The van der Waals surface area contributed by atoms with Gasteiger partial charge in [0.2, 0.25) is 5.91 Å².